The molecule has 0 saturated carbocycles. The topological polar surface area (TPSA) is 51.2 Å². The smallest absolute Gasteiger partial charge is 0.220 e. The van der Waals surface area contributed by atoms with Crippen LogP contribution in [0, 0.1) is 6.92 Å². The molecule has 0 aliphatic heterocycles. The lowest BCUT2D eigenvalue weighted by molar-refractivity contribution is -0.121. The third kappa shape index (κ3) is 5.20. The first-order valence-corrected chi connectivity index (χ1v) is 7.54. The minimum atomic E-state index is -0.00630. The van der Waals surface area contributed by atoms with E-state index in [1.165, 1.54) is 5.56 Å². The first kappa shape index (κ1) is 16.0. The predicted molar refractivity (Wildman–Crippen MR) is 86.7 cm³/mol. The van der Waals surface area contributed by atoms with Crippen LogP contribution in [-0.4, -0.2) is 17.5 Å². The number of hydrogen-bond acceptors (Lipinski definition) is 3. The predicted octanol–water partition coefficient (Wildman–Crippen LogP) is 3.43. The van der Waals surface area contributed by atoms with E-state index in [1.807, 2.05) is 50.2 Å². The summed E-state index contributed by atoms with van der Waals surface area (Å²) in [4.78, 5) is 15.9. The van der Waals surface area contributed by atoms with Crippen LogP contribution in [0.5, 0.6) is 5.75 Å². The van der Waals surface area contributed by atoms with Gasteiger partial charge >= 0.3 is 0 Å². The summed E-state index contributed by atoms with van der Waals surface area (Å²) < 4.78 is 5.64. The molecule has 0 bridgehead atoms. The average Bonchev–Trinajstić information content (AvgIpc) is 2.52. The van der Waals surface area contributed by atoms with Gasteiger partial charge in [-0.3, -0.25) is 9.78 Å². The first-order valence-electron chi connectivity index (χ1n) is 7.54. The van der Waals surface area contributed by atoms with E-state index in [0.717, 1.165) is 11.3 Å². The molecule has 1 atom stereocenters. The van der Waals surface area contributed by atoms with Gasteiger partial charge in [0.15, 0.2) is 0 Å². The van der Waals surface area contributed by atoms with Crippen molar-refractivity contribution >= 4 is 5.91 Å². The summed E-state index contributed by atoms with van der Waals surface area (Å²) in [7, 11) is 0. The van der Waals surface area contributed by atoms with E-state index in [1.54, 1.807) is 12.4 Å². The van der Waals surface area contributed by atoms with Crippen LogP contribution < -0.4 is 10.1 Å². The number of aromatic nitrogens is 1. The summed E-state index contributed by atoms with van der Waals surface area (Å²) in [5.74, 6) is 0.891. The number of ether oxygens (including phenoxy) is 1. The summed E-state index contributed by atoms with van der Waals surface area (Å²) >= 11 is 0. The molecular formula is C18H22N2O2. The third-order valence-corrected chi connectivity index (χ3v) is 3.39. The second-order valence-electron chi connectivity index (χ2n) is 5.34. The molecule has 1 heterocycles. The van der Waals surface area contributed by atoms with Crippen molar-refractivity contribution in [1.82, 2.24) is 10.3 Å². The zero-order valence-corrected chi connectivity index (χ0v) is 13.1. The maximum atomic E-state index is 11.9. The number of rotatable bonds is 7. The van der Waals surface area contributed by atoms with Gasteiger partial charge in [0.25, 0.3) is 0 Å². The van der Waals surface area contributed by atoms with Crippen LogP contribution in [0.4, 0.5) is 0 Å². The number of hydrogen-bond donors (Lipinski definition) is 1. The highest BCUT2D eigenvalue weighted by Gasteiger charge is 2.09. The summed E-state index contributed by atoms with van der Waals surface area (Å²) in [5, 5.41) is 2.98. The van der Waals surface area contributed by atoms with Crippen LogP contribution in [-0.2, 0) is 4.79 Å². The number of carbonyl (C=O) groups is 1. The molecule has 1 aromatic heterocycles. The van der Waals surface area contributed by atoms with Crippen LogP contribution in [0.1, 0.15) is 36.9 Å². The molecule has 0 aliphatic rings. The summed E-state index contributed by atoms with van der Waals surface area (Å²) in [6.45, 7) is 4.54. The molecule has 1 amide bonds. The molecule has 4 heteroatoms. The Morgan fingerprint density at radius 3 is 2.77 bits per heavy atom. The maximum Gasteiger partial charge on any atom is 0.220 e. The SMILES string of the molecule is Cc1cccc(OCCCC(=O)N[C@@H](C)c2ccncc2)c1. The van der Waals surface area contributed by atoms with Gasteiger partial charge in [0.05, 0.1) is 12.6 Å². The van der Waals surface area contributed by atoms with Crippen molar-refractivity contribution in [2.24, 2.45) is 0 Å². The average molecular weight is 298 g/mol. The van der Waals surface area contributed by atoms with E-state index in [4.69, 9.17) is 4.74 Å². The minimum absolute atomic E-state index is 0.00630. The Balaban J connectivity index is 1.68. The Kier molecular flexibility index (Phi) is 5.95. The summed E-state index contributed by atoms with van der Waals surface area (Å²) in [6, 6.07) is 11.7. The van der Waals surface area contributed by atoms with Crippen molar-refractivity contribution < 1.29 is 9.53 Å². The molecule has 4 nitrogen and oxygen atoms in total. The van der Waals surface area contributed by atoms with Gasteiger partial charge in [-0.2, -0.15) is 0 Å². The number of amides is 1. The molecule has 2 aromatic rings. The highest BCUT2D eigenvalue weighted by Crippen LogP contribution is 2.13. The van der Waals surface area contributed by atoms with Crippen LogP contribution in [0.15, 0.2) is 48.8 Å². The standard InChI is InChI=1S/C18H22N2O2/c1-14-5-3-6-17(13-14)22-12-4-7-18(21)20-15(2)16-8-10-19-11-9-16/h3,5-6,8-11,13,15H,4,7,12H2,1-2H3,(H,20,21)/t15-/m0/s1. The molecule has 0 unspecified atom stereocenters. The monoisotopic (exact) mass is 298 g/mol. The van der Waals surface area contributed by atoms with Gasteiger partial charge in [-0.1, -0.05) is 12.1 Å². The van der Waals surface area contributed by atoms with Crippen molar-refractivity contribution in [3.05, 3.63) is 59.9 Å². The Morgan fingerprint density at radius 1 is 1.27 bits per heavy atom. The van der Waals surface area contributed by atoms with E-state index >= 15 is 0 Å². The minimum Gasteiger partial charge on any atom is -0.494 e. The first-order chi connectivity index (χ1) is 10.6. The number of carbonyl (C=O) groups excluding carboxylic acids is 1. The molecule has 0 spiro atoms. The molecule has 0 saturated heterocycles. The van der Waals surface area contributed by atoms with Gasteiger partial charge < -0.3 is 10.1 Å². The Labute approximate surface area is 131 Å². The molecule has 1 N–H and O–H groups in total. The summed E-state index contributed by atoms with van der Waals surface area (Å²) in [5.41, 5.74) is 2.22. The largest absolute Gasteiger partial charge is 0.494 e. The highest BCUT2D eigenvalue weighted by molar-refractivity contribution is 5.76. The molecule has 2 rings (SSSR count). The number of pyridine rings is 1. The van der Waals surface area contributed by atoms with Gasteiger partial charge in [-0.15, -0.1) is 0 Å². The normalized spacial score (nSPS) is 11.7. The third-order valence-electron chi connectivity index (χ3n) is 3.39. The van der Waals surface area contributed by atoms with E-state index in [9.17, 15) is 4.79 Å². The van der Waals surface area contributed by atoms with E-state index in [2.05, 4.69) is 10.3 Å². The maximum absolute atomic E-state index is 11.9. The Bertz CT molecular complexity index is 599. The van der Waals surface area contributed by atoms with Crippen LogP contribution in [0.2, 0.25) is 0 Å². The fraction of sp³-hybridized carbons (Fsp3) is 0.333. The lowest BCUT2D eigenvalue weighted by Gasteiger charge is -2.14. The molecule has 22 heavy (non-hydrogen) atoms. The Hall–Kier alpha value is -2.36. The van der Waals surface area contributed by atoms with Crippen LogP contribution in [0.3, 0.4) is 0 Å². The highest BCUT2D eigenvalue weighted by atomic mass is 16.5. The number of benzene rings is 1. The number of aryl methyl sites for hydroxylation is 1. The summed E-state index contributed by atoms with van der Waals surface area (Å²) in [6.07, 6.45) is 4.62. The fourth-order valence-corrected chi connectivity index (χ4v) is 2.18. The molecule has 0 radical (unpaired) electrons. The Morgan fingerprint density at radius 2 is 2.05 bits per heavy atom. The van der Waals surface area contributed by atoms with Gasteiger partial charge in [0, 0.05) is 18.8 Å². The van der Waals surface area contributed by atoms with Crippen LogP contribution >= 0.6 is 0 Å². The second-order valence-corrected chi connectivity index (χ2v) is 5.34. The van der Waals surface area contributed by atoms with Gasteiger partial charge in [-0.25, -0.2) is 0 Å². The molecular weight excluding hydrogens is 276 g/mol. The van der Waals surface area contributed by atoms with Gasteiger partial charge in [-0.05, 0) is 55.7 Å². The molecule has 1 aromatic carbocycles. The van der Waals surface area contributed by atoms with E-state index in [0.29, 0.717) is 19.4 Å². The lowest BCUT2D eigenvalue weighted by Crippen LogP contribution is -2.26. The zero-order valence-electron chi connectivity index (χ0n) is 13.1. The van der Waals surface area contributed by atoms with Crippen molar-refractivity contribution in [3.8, 4) is 5.75 Å². The van der Waals surface area contributed by atoms with Crippen molar-refractivity contribution in [2.75, 3.05) is 6.61 Å². The molecule has 0 aliphatic carbocycles. The molecule has 0 fully saturated rings. The number of nitrogens with one attached hydrogen (secondary N) is 1. The fourth-order valence-electron chi connectivity index (χ4n) is 2.18. The van der Waals surface area contributed by atoms with E-state index < -0.39 is 0 Å². The molecule has 116 valence electrons. The quantitative estimate of drug-likeness (QED) is 0.797. The van der Waals surface area contributed by atoms with Crippen molar-refractivity contribution in [3.63, 3.8) is 0 Å². The van der Waals surface area contributed by atoms with Gasteiger partial charge in [0.2, 0.25) is 5.91 Å². The van der Waals surface area contributed by atoms with E-state index in [-0.39, 0.29) is 11.9 Å². The van der Waals surface area contributed by atoms with Crippen molar-refractivity contribution in [2.45, 2.75) is 32.7 Å². The second kappa shape index (κ2) is 8.17. The van der Waals surface area contributed by atoms with Crippen LogP contribution in [0.25, 0.3) is 0 Å². The zero-order chi connectivity index (χ0) is 15.8. The van der Waals surface area contributed by atoms with Gasteiger partial charge in [0.1, 0.15) is 5.75 Å². The number of nitrogens with zero attached hydrogens (tertiary/aromatic N) is 1. The van der Waals surface area contributed by atoms with Crippen molar-refractivity contribution in [1.29, 1.82) is 0 Å². The lowest BCUT2D eigenvalue weighted by atomic mass is 10.1.